The van der Waals surface area contributed by atoms with Crippen molar-refractivity contribution >= 4 is 0 Å². The van der Waals surface area contributed by atoms with Crippen molar-refractivity contribution in [2.45, 2.75) is 26.8 Å². The minimum absolute atomic E-state index is 0. The molecule has 0 aromatic carbocycles. The highest BCUT2D eigenvalue weighted by Gasteiger charge is 2.15. The van der Waals surface area contributed by atoms with Crippen molar-refractivity contribution in [3.8, 4) is 0 Å². The van der Waals surface area contributed by atoms with Gasteiger partial charge in [0.25, 0.3) is 0 Å². The Morgan fingerprint density at radius 1 is 1.22 bits per heavy atom. The molecule has 0 spiro atoms. The Labute approximate surface area is 58.4 Å². The lowest BCUT2D eigenvalue weighted by Gasteiger charge is -2.32. The molecular formula is C7H19NO. The van der Waals surface area contributed by atoms with Gasteiger partial charge >= 0.3 is 0 Å². The van der Waals surface area contributed by atoms with Crippen LogP contribution in [-0.4, -0.2) is 36.6 Å². The lowest BCUT2D eigenvalue weighted by Crippen LogP contribution is -2.45. The van der Waals surface area contributed by atoms with Crippen LogP contribution in [0.1, 0.15) is 20.8 Å². The van der Waals surface area contributed by atoms with Gasteiger partial charge < -0.3 is 9.96 Å². The summed E-state index contributed by atoms with van der Waals surface area (Å²) >= 11 is 0. The average molecular weight is 133 g/mol. The highest BCUT2D eigenvalue weighted by molar-refractivity contribution is 4.35. The van der Waals surface area contributed by atoms with Gasteiger partial charge in [0.2, 0.25) is 0 Å². The summed E-state index contributed by atoms with van der Waals surface area (Å²) in [5.41, 5.74) is 0. The normalized spacial score (nSPS) is 11.3. The van der Waals surface area contributed by atoms with Crippen LogP contribution in [0, 0.1) is 0 Å². The fraction of sp³-hybridized carbons (Fsp3) is 1.00. The third-order valence-electron chi connectivity index (χ3n) is 2.21. The molecule has 0 radical (unpaired) electrons. The predicted octanol–water partition coefficient (Wildman–Crippen LogP) is 1.31. The molecule has 0 atom stereocenters. The monoisotopic (exact) mass is 133 g/mol. The zero-order valence-electron chi connectivity index (χ0n) is 7.18. The molecule has 0 aliphatic carbocycles. The van der Waals surface area contributed by atoms with Crippen molar-refractivity contribution in [1.29, 1.82) is 0 Å². The largest absolute Gasteiger partial charge is 0.870 e. The van der Waals surface area contributed by atoms with Crippen LogP contribution in [0.25, 0.3) is 0 Å². The van der Waals surface area contributed by atoms with Crippen LogP contribution in [0.15, 0.2) is 0 Å². The molecule has 2 nitrogen and oxygen atoms in total. The summed E-state index contributed by atoms with van der Waals surface area (Å²) in [5, 5.41) is 0. The number of rotatable bonds is 2. The molecule has 0 amide bonds. The summed E-state index contributed by atoms with van der Waals surface area (Å²) in [6.07, 6.45) is 0. The highest BCUT2D eigenvalue weighted by atomic mass is 16.0. The van der Waals surface area contributed by atoms with Gasteiger partial charge in [-0.05, 0) is 20.8 Å². The minimum Gasteiger partial charge on any atom is -0.870 e. The van der Waals surface area contributed by atoms with Crippen LogP contribution in [0.3, 0.4) is 0 Å². The van der Waals surface area contributed by atoms with E-state index in [1.165, 1.54) is 6.54 Å². The number of hydrogen-bond acceptors (Lipinski definition) is 1. The van der Waals surface area contributed by atoms with Gasteiger partial charge in [-0.3, -0.25) is 0 Å². The Bertz CT molecular complexity index is 69.3. The smallest absolute Gasteiger partial charge is 0.0829 e. The van der Waals surface area contributed by atoms with Crippen molar-refractivity contribution in [3.05, 3.63) is 0 Å². The summed E-state index contributed by atoms with van der Waals surface area (Å²) in [5.74, 6) is 0. The lowest BCUT2D eigenvalue weighted by atomic mass is 10.3. The van der Waals surface area contributed by atoms with E-state index in [4.69, 9.17) is 0 Å². The standard InChI is InChI=1S/C7H18N.H2O/c1-6-8(4,5)7(2)3;/h7H,6H2,1-5H3;1H2/q+1;/p-1. The third-order valence-corrected chi connectivity index (χ3v) is 2.21. The zero-order chi connectivity index (χ0) is 6.78. The van der Waals surface area contributed by atoms with Crippen molar-refractivity contribution < 1.29 is 9.96 Å². The topological polar surface area (TPSA) is 30.0 Å². The maximum absolute atomic E-state index is 2.25. The molecule has 0 saturated carbocycles. The van der Waals surface area contributed by atoms with E-state index in [9.17, 15) is 0 Å². The second-order valence-electron chi connectivity index (χ2n) is 3.19. The van der Waals surface area contributed by atoms with Gasteiger partial charge in [-0.15, -0.1) is 0 Å². The lowest BCUT2D eigenvalue weighted by molar-refractivity contribution is -0.909. The van der Waals surface area contributed by atoms with E-state index in [1.54, 1.807) is 0 Å². The molecule has 0 aromatic rings. The van der Waals surface area contributed by atoms with Gasteiger partial charge in [0.15, 0.2) is 0 Å². The van der Waals surface area contributed by atoms with Crippen molar-refractivity contribution in [2.24, 2.45) is 0 Å². The van der Waals surface area contributed by atoms with E-state index in [2.05, 4.69) is 34.9 Å². The van der Waals surface area contributed by atoms with Gasteiger partial charge in [0.05, 0.1) is 26.7 Å². The first-order valence-electron chi connectivity index (χ1n) is 3.33. The minimum atomic E-state index is 0. The fourth-order valence-electron chi connectivity index (χ4n) is 0.365. The van der Waals surface area contributed by atoms with Crippen LogP contribution in [0.4, 0.5) is 0 Å². The second kappa shape index (κ2) is 3.85. The maximum atomic E-state index is 2.25. The van der Waals surface area contributed by atoms with Crippen molar-refractivity contribution in [1.82, 2.24) is 0 Å². The molecule has 0 saturated heterocycles. The van der Waals surface area contributed by atoms with Crippen molar-refractivity contribution in [2.75, 3.05) is 20.6 Å². The second-order valence-corrected chi connectivity index (χ2v) is 3.19. The van der Waals surface area contributed by atoms with Gasteiger partial charge in [0, 0.05) is 0 Å². The number of hydrogen-bond donors (Lipinski definition) is 0. The number of nitrogens with zero attached hydrogens (tertiary/aromatic N) is 1. The first-order valence-corrected chi connectivity index (χ1v) is 3.33. The van der Waals surface area contributed by atoms with Crippen molar-refractivity contribution in [3.63, 3.8) is 0 Å². The third kappa shape index (κ3) is 3.49. The van der Waals surface area contributed by atoms with E-state index < -0.39 is 0 Å². The Hall–Kier alpha value is -0.0800. The number of quaternary nitrogens is 1. The molecule has 2 heteroatoms. The van der Waals surface area contributed by atoms with Crippen LogP contribution in [-0.2, 0) is 0 Å². The highest BCUT2D eigenvalue weighted by Crippen LogP contribution is 2.02. The summed E-state index contributed by atoms with van der Waals surface area (Å²) < 4.78 is 1.12. The Balaban J connectivity index is 0. The Morgan fingerprint density at radius 3 is 1.56 bits per heavy atom. The van der Waals surface area contributed by atoms with E-state index >= 15 is 0 Å². The molecule has 0 aromatic heterocycles. The maximum Gasteiger partial charge on any atom is 0.0829 e. The van der Waals surface area contributed by atoms with Gasteiger partial charge in [-0.25, -0.2) is 0 Å². The van der Waals surface area contributed by atoms with Crippen LogP contribution < -0.4 is 0 Å². The van der Waals surface area contributed by atoms with Gasteiger partial charge in [-0.1, -0.05) is 0 Å². The summed E-state index contributed by atoms with van der Waals surface area (Å²) in [6, 6.07) is 0.750. The Morgan fingerprint density at radius 2 is 1.56 bits per heavy atom. The first kappa shape index (κ1) is 11.7. The summed E-state index contributed by atoms with van der Waals surface area (Å²) in [7, 11) is 4.51. The first-order chi connectivity index (χ1) is 3.50. The van der Waals surface area contributed by atoms with Crippen LogP contribution >= 0.6 is 0 Å². The zero-order valence-corrected chi connectivity index (χ0v) is 7.18. The molecule has 58 valence electrons. The van der Waals surface area contributed by atoms with E-state index in [1.807, 2.05) is 0 Å². The molecular weight excluding hydrogens is 114 g/mol. The summed E-state index contributed by atoms with van der Waals surface area (Å²) in [6.45, 7) is 7.95. The summed E-state index contributed by atoms with van der Waals surface area (Å²) in [4.78, 5) is 0. The SMILES string of the molecule is CC[N+](C)(C)C(C)C.[OH-]. The van der Waals surface area contributed by atoms with Gasteiger partial charge in [-0.2, -0.15) is 0 Å². The molecule has 0 bridgehead atoms. The molecule has 0 unspecified atom stereocenters. The molecule has 0 fully saturated rings. The average Bonchev–Trinajstić information content (AvgIpc) is 1.67. The van der Waals surface area contributed by atoms with E-state index in [0.29, 0.717) is 0 Å². The molecule has 0 aliphatic rings. The van der Waals surface area contributed by atoms with Gasteiger partial charge in [0.1, 0.15) is 0 Å². The molecule has 0 rings (SSSR count). The van der Waals surface area contributed by atoms with E-state index in [-0.39, 0.29) is 5.48 Å². The molecule has 9 heavy (non-hydrogen) atoms. The fourth-order valence-corrected chi connectivity index (χ4v) is 0.365. The predicted molar refractivity (Wildman–Crippen MR) is 39.7 cm³/mol. The van der Waals surface area contributed by atoms with Crippen LogP contribution in [0.5, 0.6) is 0 Å². The molecule has 1 N–H and O–H groups in total. The van der Waals surface area contributed by atoms with Crippen LogP contribution in [0.2, 0.25) is 0 Å². The quantitative estimate of drug-likeness (QED) is 0.522. The molecule has 0 heterocycles. The molecule has 0 aliphatic heterocycles. The Kier molecular flexibility index (Phi) is 5.00. The van der Waals surface area contributed by atoms with E-state index in [0.717, 1.165) is 10.5 Å².